The van der Waals surface area contributed by atoms with Gasteiger partial charge in [-0.15, -0.1) is 0 Å². The van der Waals surface area contributed by atoms with Gasteiger partial charge in [0.25, 0.3) is 5.91 Å². The number of fused-ring (bicyclic) bond motifs is 2. The first-order chi connectivity index (χ1) is 18.1. The Hall–Kier alpha value is -3.67. The van der Waals surface area contributed by atoms with Gasteiger partial charge in [-0.05, 0) is 62.5 Å². The van der Waals surface area contributed by atoms with Gasteiger partial charge in [0.2, 0.25) is 10.0 Å². The molecule has 0 saturated carbocycles. The van der Waals surface area contributed by atoms with E-state index in [1.807, 2.05) is 43.3 Å². The molecule has 3 aromatic carbocycles. The van der Waals surface area contributed by atoms with E-state index in [-0.39, 0.29) is 47.2 Å². The van der Waals surface area contributed by atoms with Crippen molar-refractivity contribution in [1.82, 2.24) is 14.2 Å². The molecule has 0 radical (unpaired) electrons. The van der Waals surface area contributed by atoms with Crippen molar-refractivity contribution in [2.45, 2.75) is 24.4 Å². The van der Waals surface area contributed by atoms with Gasteiger partial charge in [0.05, 0.1) is 4.90 Å². The average Bonchev–Trinajstić information content (AvgIpc) is 3.51. The fourth-order valence-corrected chi connectivity index (χ4v) is 5.83. The van der Waals surface area contributed by atoms with E-state index in [2.05, 4.69) is 4.98 Å². The second-order valence-electron chi connectivity index (χ2n) is 9.41. The van der Waals surface area contributed by atoms with Gasteiger partial charge in [-0.2, -0.15) is 9.29 Å². The largest absolute Gasteiger partial charge is 0.423 e. The monoisotopic (exact) mass is 540 g/mol. The van der Waals surface area contributed by atoms with Gasteiger partial charge < -0.3 is 9.32 Å². The average molecular weight is 541 g/mol. The van der Waals surface area contributed by atoms with Crippen molar-refractivity contribution in [2.24, 2.45) is 0 Å². The summed E-state index contributed by atoms with van der Waals surface area (Å²) in [5, 5.41) is 0. The zero-order valence-electron chi connectivity index (χ0n) is 20.9. The van der Waals surface area contributed by atoms with Crippen LogP contribution in [-0.4, -0.2) is 55.7 Å². The second kappa shape index (κ2) is 10.2. The topological polar surface area (TPSA) is 87.0 Å². The van der Waals surface area contributed by atoms with Crippen LogP contribution >= 0.6 is 0 Å². The van der Waals surface area contributed by atoms with E-state index >= 15 is 0 Å². The summed E-state index contributed by atoms with van der Waals surface area (Å²) in [4.78, 5) is 20.9. The number of oxazole rings is 1. The van der Waals surface area contributed by atoms with Crippen LogP contribution in [0.3, 0.4) is 0 Å². The number of aromatic nitrogens is 1. The summed E-state index contributed by atoms with van der Waals surface area (Å²) in [6.07, 6.45) is 0.552. The minimum absolute atomic E-state index is 0.0698. The molecule has 4 aromatic rings. The number of hydrogen-bond acceptors (Lipinski definition) is 6. The molecule has 1 amide bonds. The maximum Gasteiger partial charge on any atom is 0.305 e. The second-order valence-corrected chi connectivity index (χ2v) is 11.3. The van der Waals surface area contributed by atoms with Crippen LogP contribution in [0, 0.1) is 11.6 Å². The van der Waals surface area contributed by atoms with Gasteiger partial charge in [0.15, 0.2) is 11.4 Å². The third kappa shape index (κ3) is 5.04. The van der Waals surface area contributed by atoms with Crippen molar-refractivity contribution in [3.63, 3.8) is 0 Å². The number of benzene rings is 3. The predicted molar refractivity (Wildman–Crippen MR) is 138 cm³/mol. The van der Waals surface area contributed by atoms with Crippen molar-refractivity contribution in [2.75, 3.05) is 32.1 Å². The van der Waals surface area contributed by atoms with E-state index in [1.165, 1.54) is 33.5 Å². The maximum atomic E-state index is 14.2. The summed E-state index contributed by atoms with van der Waals surface area (Å²) in [6.45, 7) is 1.42. The molecule has 1 aliphatic rings. The molecule has 2 heterocycles. The number of carbonyl (C=O) groups excluding carboxylic acids is 1. The Bertz CT molecular complexity index is 1580. The first kappa shape index (κ1) is 26.0. The van der Waals surface area contributed by atoms with Gasteiger partial charge in [-0.25, -0.2) is 17.2 Å². The highest BCUT2D eigenvalue weighted by atomic mass is 32.2. The number of halogens is 2. The lowest BCUT2D eigenvalue weighted by Gasteiger charge is -2.20. The number of rotatable bonds is 8. The Morgan fingerprint density at radius 1 is 1.00 bits per heavy atom. The van der Waals surface area contributed by atoms with E-state index in [9.17, 15) is 22.0 Å². The molecule has 0 saturated heterocycles. The third-order valence-electron chi connectivity index (χ3n) is 6.42. The quantitative estimate of drug-likeness (QED) is 0.329. The van der Waals surface area contributed by atoms with Crippen molar-refractivity contribution in [3.8, 4) is 0 Å². The van der Waals surface area contributed by atoms with Crippen molar-refractivity contribution in [3.05, 3.63) is 89.0 Å². The molecule has 198 valence electrons. The molecule has 0 aliphatic carbocycles. The molecule has 38 heavy (non-hydrogen) atoms. The number of sulfonamides is 1. The Morgan fingerprint density at radius 2 is 1.66 bits per heavy atom. The minimum atomic E-state index is -3.78. The molecular weight excluding hydrogens is 514 g/mol. The van der Waals surface area contributed by atoms with E-state index < -0.39 is 27.6 Å². The van der Waals surface area contributed by atoms with Crippen LogP contribution in [0.4, 0.5) is 14.8 Å². The number of amides is 1. The fourth-order valence-electron chi connectivity index (χ4n) is 4.44. The molecule has 0 atom stereocenters. The van der Waals surface area contributed by atoms with Gasteiger partial charge in [0, 0.05) is 37.3 Å². The first-order valence-electron chi connectivity index (χ1n) is 12.0. The number of nitrogens with zero attached hydrogens (tertiary/aromatic N) is 4. The molecule has 0 spiro atoms. The van der Waals surface area contributed by atoms with Gasteiger partial charge in [-0.3, -0.25) is 9.69 Å². The Kier molecular flexibility index (Phi) is 6.99. The molecule has 1 aromatic heterocycles. The minimum Gasteiger partial charge on any atom is -0.423 e. The van der Waals surface area contributed by atoms with E-state index in [0.29, 0.717) is 19.0 Å². The van der Waals surface area contributed by atoms with Crippen molar-refractivity contribution >= 4 is 33.0 Å². The Morgan fingerprint density at radius 3 is 2.29 bits per heavy atom. The lowest BCUT2D eigenvalue weighted by atomic mass is 10.1. The summed E-state index contributed by atoms with van der Waals surface area (Å²) >= 11 is 0. The molecule has 0 fully saturated rings. The van der Waals surface area contributed by atoms with E-state index in [0.717, 1.165) is 17.2 Å². The number of hydrogen-bond donors (Lipinski definition) is 0. The molecule has 1 aliphatic heterocycles. The first-order valence-corrected chi connectivity index (χ1v) is 13.5. The molecule has 8 nitrogen and oxygen atoms in total. The summed E-state index contributed by atoms with van der Waals surface area (Å²) < 4.78 is 61.4. The van der Waals surface area contributed by atoms with Crippen molar-refractivity contribution < 1.29 is 26.4 Å². The van der Waals surface area contributed by atoms with E-state index in [1.54, 1.807) is 0 Å². The van der Waals surface area contributed by atoms with Gasteiger partial charge in [-0.1, -0.05) is 24.3 Å². The third-order valence-corrected chi connectivity index (χ3v) is 8.22. The highest BCUT2D eigenvalue weighted by Gasteiger charge is 2.31. The van der Waals surface area contributed by atoms with Crippen LogP contribution in [0.25, 0.3) is 11.1 Å². The van der Waals surface area contributed by atoms with E-state index in [4.69, 9.17) is 4.42 Å². The zero-order valence-corrected chi connectivity index (χ0v) is 21.7. The van der Waals surface area contributed by atoms with Gasteiger partial charge in [0.1, 0.15) is 11.3 Å². The highest BCUT2D eigenvalue weighted by Crippen LogP contribution is 2.30. The lowest BCUT2D eigenvalue weighted by Crippen LogP contribution is -2.33. The molecule has 0 bridgehead atoms. The van der Waals surface area contributed by atoms with Gasteiger partial charge >= 0.3 is 6.01 Å². The SMILES string of the molecule is CN(C)CCCN(C(=O)c1ccc(S(=O)(=O)N2Cc3ccccc3C2)cc1)c1nc2c(F)cc(F)cc2o1. The standard InChI is InChI=1S/C27H26F2N4O4S/c1-31(2)12-5-13-33(27-30-25-23(29)14-21(28)15-24(25)37-27)26(34)18-8-10-22(11-9-18)38(35,36)32-16-19-6-3-4-7-20(19)17-32/h3-4,6-11,14-15H,5,12-13,16-17H2,1-2H3. The summed E-state index contributed by atoms with van der Waals surface area (Å²) in [6, 6.07) is 14.8. The zero-order chi connectivity index (χ0) is 27.0. The molecule has 0 unspecified atom stereocenters. The number of carbonyl (C=O) groups is 1. The lowest BCUT2D eigenvalue weighted by molar-refractivity contribution is 0.0981. The summed E-state index contributed by atoms with van der Waals surface area (Å²) in [5.41, 5.74) is 1.83. The Labute approximate surface area is 219 Å². The molecule has 5 rings (SSSR count). The molecular formula is C27H26F2N4O4S. The van der Waals surface area contributed by atoms with Crippen LogP contribution in [0.2, 0.25) is 0 Å². The fraction of sp³-hybridized carbons (Fsp3) is 0.259. The summed E-state index contributed by atoms with van der Waals surface area (Å²) in [5.74, 6) is -2.22. The predicted octanol–water partition coefficient (Wildman–Crippen LogP) is 4.41. The van der Waals surface area contributed by atoms with Crippen LogP contribution < -0.4 is 4.90 Å². The number of anilines is 1. The summed E-state index contributed by atoms with van der Waals surface area (Å²) in [7, 11) is 0.00506. The van der Waals surface area contributed by atoms with Crippen LogP contribution in [0.15, 0.2) is 70.0 Å². The Balaban J connectivity index is 1.41. The van der Waals surface area contributed by atoms with Crippen LogP contribution in [0.1, 0.15) is 27.9 Å². The molecule has 11 heteroatoms. The maximum absolute atomic E-state index is 14.2. The molecule has 0 N–H and O–H groups in total. The smallest absolute Gasteiger partial charge is 0.305 e. The van der Waals surface area contributed by atoms with Crippen LogP contribution in [-0.2, 0) is 23.1 Å². The highest BCUT2D eigenvalue weighted by molar-refractivity contribution is 7.89. The van der Waals surface area contributed by atoms with Crippen LogP contribution in [0.5, 0.6) is 0 Å². The normalized spacial score (nSPS) is 13.8. The van der Waals surface area contributed by atoms with Crippen molar-refractivity contribution in [1.29, 1.82) is 0 Å².